The first-order valence-electron chi connectivity index (χ1n) is 3.22. The van der Waals surface area contributed by atoms with E-state index in [0.717, 1.165) is 10.6 Å². The van der Waals surface area contributed by atoms with Crippen molar-refractivity contribution in [3.05, 3.63) is 15.0 Å². The van der Waals surface area contributed by atoms with Gasteiger partial charge in [0.2, 0.25) is 0 Å². The van der Waals surface area contributed by atoms with E-state index in [2.05, 4.69) is 4.98 Å². The van der Waals surface area contributed by atoms with E-state index in [0.29, 0.717) is 4.47 Å². The number of thiazole rings is 1. The number of aromatic nitrogens is 1. The summed E-state index contributed by atoms with van der Waals surface area (Å²) in [5, 5.41) is 0. The molecule has 1 N–H and O–H groups in total. The van der Waals surface area contributed by atoms with Crippen LogP contribution in [0.2, 0.25) is 4.47 Å². The van der Waals surface area contributed by atoms with Crippen molar-refractivity contribution in [3.63, 3.8) is 0 Å². The quantitative estimate of drug-likeness (QED) is 0.838. The summed E-state index contributed by atoms with van der Waals surface area (Å²) in [6.07, 6.45) is 1.42. The molecular weight excluding hydrogens is 216 g/mol. The van der Waals surface area contributed by atoms with Crippen LogP contribution in [0.15, 0.2) is 0 Å². The first-order chi connectivity index (χ1) is 5.38. The Labute approximate surface area is 80.8 Å². The van der Waals surface area contributed by atoms with Gasteiger partial charge in [-0.05, 0) is 6.92 Å². The summed E-state index contributed by atoms with van der Waals surface area (Å²) in [6.45, 7) is 1.81. The van der Waals surface area contributed by atoms with Crippen LogP contribution in [0.1, 0.15) is 10.6 Å². The molecule has 0 aliphatic carbocycles. The highest BCUT2D eigenvalue weighted by atomic mass is 35.5. The van der Waals surface area contributed by atoms with Gasteiger partial charge in [0.1, 0.15) is 0 Å². The zero-order chi connectivity index (χ0) is 9.35. The summed E-state index contributed by atoms with van der Waals surface area (Å²) in [5.41, 5.74) is 0.784. The normalized spacial score (nSPS) is 15.9. The van der Waals surface area contributed by atoms with Crippen LogP contribution in [-0.2, 0) is 15.5 Å². The molecule has 1 aromatic heterocycles. The maximum absolute atomic E-state index is 11.1. The lowest BCUT2D eigenvalue weighted by atomic mass is 10.4. The van der Waals surface area contributed by atoms with E-state index in [1.54, 1.807) is 0 Å². The molecule has 12 heavy (non-hydrogen) atoms. The van der Waals surface area contributed by atoms with Crippen molar-refractivity contribution in [2.75, 3.05) is 6.26 Å². The number of rotatable bonds is 2. The molecule has 68 valence electrons. The molecule has 0 saturated carbocycles. The fourth-order valence-electron chi connectivity index (χ4n) is 0.777. The van der Waals surface area contributed by atoms with Gasteiger partial charge in [0.05, 0.1) is 11.4 Å². The Bertz CT molecular complexity index is 382. The third kappa shape index (κ3) is 2.73. The Hall–Kier alpha value is -0.130. The first kappa shape index (κ1) is 9.95. The Balaban J connectivity index is 2.97. The maximum Gasteiger partial charge on any atom is 0.184 e. The van der Waals surface area contributed by atoms with Crippen LogP contribution >= 0.6 is 22.9 Å². The van der Waals surface area contributed by atoms with Gasteiger partial charge in [0.25, 0.3) is 0 Å². The lowest BCUT2D eigenvalue weighted by Gasteiger charge is -1.96. The Morgan fingerprint density at radius 3 is 2.67 bits per heavy atom. The fourth-order valence-corrected chi connectivity index (χ4v) is 3.38. The Morgan fingerprint density at radius 2 is 2.33 bits per heavy atom. The van der Waals surface area contributed by atoms with Gasteiger partial charge in [-0.2, -0.15) is 0 Å². The second-order valence-electron chi connectivity index (χ2n) is 2.62. The molecule has 0 aliphatic heterocycles. The van der Waals surface area contributed by atoms with Crippen molar-refractivity contribution >= 4 is 32.7 Å². The Morgan fingerprint density at radius 1 is 1.75 bits per heavy atom. The predicted molar refractivity (Wildman–Crippen MR) is 52.4 cm³/mol. The molecule has 1 aromatic rings. The topological polar surface area (TPSA) is 53.8 Å². The van der Waals surface area contributed by atoms with E-state index in [4.69, 9.17) is 16.4 Å². The molecule has 0 amide bonds. The summed E-state index contributed by atoms with van der Waals surface area (Å²) in [4.78, 5) is 4.82. The van der Waals surface area contributed by atoms with Crippen molar-refractivity contribution in [1.82, 2.24) is 4.98 Å². The van der Waals surface area contributed by atoms with Gasteiger partial charge < -0.3 is 0 Å². The van der Waals surface area contributed by atoms with Crippen LogP contribution in [0.25, 0.3) is 0 Å². The second-order valence-corrected chi connectivity index (χ2v) is 6.59. The molecule has 1 heterocycles. The molecule has 0 fully saturated rings. The van der Waals surface area contributed by atoms with Crippen molar-refractivity contribution in [1.29, 1.82) is 4.78 Å². The minimum Gasteiger partial charge on any atom is -0.253 e. The minimum atomic E-state index is -2.47. The van der Waals surface area contributed by atoms with E-state index >= 15 is 0 Å². The maximum atomic E-state index is 11.1. The summed E-state index contributed by atoms with van der Waals surface area (Å²) >= 11 is 6.94. The molecule has 0 radical (unpaired) electrons. The van der Waals surface area contributed by atoms with Gasteiger partial charge in [-0.3, -0.25) is 4.78 Å². The summed E-state index contributed by atoms with van der Waals surface area (Å²) in [5.74, 6) is 0.253. The average molecular weight is 225 g/mol. The number of halogens is 1. The minimum absolute atomic E-state index is 0.253. The van der Waals surface area contributed by atoms with Crippen molar-refractivity contribution in [2.45, 2.75) is 12.7 Å². The van der Waals surface area contributed by atoms with E-state index in [1.807, 2.05) is 6.92 Å². The summed E-state index contributed by atoms with van der Waals surface area (Å²) < 4.78 is 18.8. The number of nitrogens with zero attached hydrogens (tertiary/aromatic N) is 1. The van der Waals surface area contributed by atoms with E-state index < -0.39 is 9.73 Å². The van der Waals surface area contributed by atoms with Crippen molar-refractivity contribution < 1.29 is 4.21 Å². The molecule has 0 aliphatic rings. The molecule has 0 aromatic carbocycles. The van der Waals surface area contributed by atoms with Gasteiger partial charge in [-0.1, -0.05) is 11.6 Å². The first-order valence-corrected chi connectivity index (χ1v) is 6.55. The van der Waals surface area contributed by atoms with E-state index in [9.17, 15) is 4.21 Å². The molecule has 1 rings (SSSR count). The number of hydrogen-bond donors (Lipinski definition) is 1. The predicted octanol–water partition coefficient (Wildman–Crippen LogP) is 2.28. The van der Waals surface area contributed by atoms with Gasteiger partial charge in [0.15, 0.2) is 4.47 Å². The van der Waals surface area contributed by atoms with Crippen molar-refractivity contribution in [3.8, 4) is 0 Å². The van der Waals surface area contributed by atoms with Crippen LogP contribution in [-0.4, -0.2) is 15.4 Å². The van der Waals surface area contributed by atoms with Crippen LogP contribution in [0.3, 0.4) is 0 Å². The highest BCUT2D eigenvalue weighted by molar-refractivity contribution is 7.91. The van der Waals surface area contributed by atoms with E-state index in [1.165, 1.54) is 17.6 Å². The van der Waals surface area contributed by atoms with Gasteiger partial charge in [0, 0.05) is 20.9 Å². The highest BCUT2D eigenvalue weighted by Gasteiger charge is 2.09. The van der Waals surface area contributed by atoms with Gasteiger partial charge in [-0.25, -0.2) is 9.19 Å². The SMILES string of the molecule is Cc1nc(Cl)sc1CS(C)(=N)=O. The molecular formula is C6H9ClN2OS2. The third-order valence-electron chi connectivity index (χ3n) is 1.27. The molecule has 1 atom stereocenters. The molecule has 0 saturated heterocycles. The number of aryl methyl sites for hydroxylation is 1. The lowest BCUT2D eigenvalue weighted by Crippen LogP contribution is -1.97. The van der Waals surface area contributed by atoms with Crippen LogP contribution in [0.4, 0.5) is 0 Å². The van der Waals surface area contributed by atoms with Crippen molar-refractivity contribution in [2.24, 2.45) is 0 Å². The molecule has 6 heteroatoms. The second kappa shape index (κ2) is 3.32. The average Bonchev–Trinajstić information content (AvgIpc) is 2.06. The zero-order valence-electron chi connectivity index (χ0n) is 6.76. The number of hydrogen-bond acceptors (Lipinski definition) is 4. The third-order valence-corrected chi connectivity index (χ3v) is 3.56. The molecule has 3 nitrogen and oxygen atoms in total. The standard InChI is InChI=1S/C6H9ClN2OS2/c1-4-5(3-12(2,8)10)11-6(7)9-4/h8H,3H2,1-2H3. The smallest absolute Gasteiger partial charge is 0.184 e. The van der Waals surface area contributed by atoms with Gasteiger partial charge in [-0.15, -0.1) is 11.3 Å². The molecule has 0 bridgehead atoms. The number of nitrogens with one attached hydrogen (secondary N) is 1. The Kier molecular flexibility index (Phi) is 2.75. The molecule has 1 unspecified atom stereocenters. The fraction of sp³-hybridized carbons (Fsp3) is 0.500. The zero-order valence-corrected chi connectivity index (χ0v) is 9.15. The summed E-state index contributed by atoms with van der Waals surface area (Å²) in [7, 11) is -2.47. The van der Waals surface area contributed by atoms with E-state index in [-0.39, 0.29) is 5.75 Å². The largest absolute Gasteiger partial charge is 0.253 e. The van der Waals surface area contributed by atoms with Gasteiger partial charge >= 0.3 is 0 Å². The molecule has 0 spiro atoms. The monoisotopic (exact) mass is 224 g/mol. The van der Waals surface area contributed by atoms with Crippen LogP contribution < -0.4 is 0 Å². The van der Waals surface area contributed by atoms with Crippen LogP contribution in [0, 0.1) is 11.7 Å². The van der Waals surface area contributed by atoms with Crippen LogP contribution in [0.5, 0.6) is 0 Å². The lowest BCUT2D eigenvalue weighted by molar-refractivity contribution is 0.678. The summed E-state index contributed by atoms with van der Waals surface area (Å²) in [6, 6.07) is 0. The highest BCUT2D eigenvalue weighted by Crippen LogP contribution is 2.23.